The van der Waals surface area contributed by atoms with Crippen LogP contribution in [0.2, 0.25) is 0 Å². The molecule has 0 aromatic heterocycles. The molecule has 0 heterocycles. The van der Waals surface area contributed by atoms with Crippen LogP contribution in [0.3, 0.4) is 0 Å². The highest BCUT2D eigenvalue weighted by Crippen LogP contribution is 2.17. The zero-order chi connectivity index (χ0) is 11.6. The van der Waals surface area contributed by atoms with Gasteiger partial charge in [0.05, 0.1) is 5.56 Å². The Morgan fingerprint density at radius 1 is 1.40 bits per heavy atom. The van der Waals surface area contributed by atoms with Crippen LogP contribution < -0.4 is 0 Å². The topological polar surface area (TPSA) is 46.5 Å². The van der Waals surface area contributed by atoms with Gasteiger partial charge in [-0.15, -0.1) is 0 Å². The Morgan fingerprint density at radius 3 is 2.53 bits per heavy atom. The minimum absolute atomic E-state index is 0.405. The van der Waals surface area contributed by atoms with Gasteiger partial charge in [0.25, 0.3) is 5.91 Å². The quantitative estimate of drug-likeness (QED) is 0.739. The lowest BCUT2D eigenvalue weighted by atomic mass is 10.1. The SMILES string of the molecule is Cc1cccc(C(=O)N=S(C)(C)=O)c1I. The molecule has 0 N–H and O–H groups in total. The van der Waals surface area contributed by atoms with Crippen LogP contribution in [0.4, 0.5) is 0 Å². The van der Waals surface area contributed by atoms with Gasteiger partial charge in [-0.3, -0.25) is 4.79 Å². The summed E-state index contributed by atoms with van der Waals surface area (Å²) >= 11 is 2.10. The number of benzene rings is 1. The van der Waals surface area contributed by atoms with Crippen LogP contribution in [-0.4, -0.2) is 22.6 Å². The number of halogens is 1. The first-order valence-corrected chi connectivity index (χ1v) is 7.69. The van der Waals surface area contributed by atoms with E-state index >= 15 is 0 Å². The van der Waals surface area contributed by atoms with Crippen LogP contribution in [0.5, 0.6) is 0 Å². The highest BCUT2D eigenvalue weighted by Gasteiger charge is 2.11. The molecule has 0 saturated carbocycles. The van der Waals surface area contributed by atoms with Crippen molar-refractivity contribution in [3.05, 3.63) is 32.9 Å². The van der Waals surface area contributed by atoms with Crippen LogP contribution in [-0.2, 0) is 9.73 Å². The minimum Gasteiger partial charge on any atom is -0.266 e. The standard InChI is InChI=1S/C10H12INO2S/c1-7-5-4-6-8(9(7)11)10(13)12-15(2,3)14/h4-6H,1-3H3. The maximum Gasteiger partial charge on any atom is 0.286 e. The Bertz CT molecular complexity index is 508. The van der Waals surface area contributed by atoms with Crippen molar-refractivity contribution in [2.75, 3.05) is 12.5 Å². The smallest absolute Gasteiger partial charge is 0.266 e. The van der Waals surface area contributed by atoms with Gasteiger partial charge in [0.15, 0.2) is 0 Å². The van der Waals surface area contributed by atoms with Crippen molar-refractivity contribution >= 4 is 38.2 Å². The molecule has 15 heavy (non-hydrogen) atoms. The number of amides is 1. The molecule has 0 bridgehead atoms. The summed E-state index contributed by atoms with van der Waals surface area (Å²) in [5.41, 5.74) is 1.54. The predicted octanol–water partition coefficient (Wildman–Crippen LogP) is 2.47. The van der Waals surface area contributed by atoms with Crippen LogP contribution in [0.1, 0.15) is 15.9 Å². The van der Waals surface area contributed by atoms with Crippen molar-refractivity contribution in [2.45, 2.75) is 6.92 Å². The molecule has 0 radical (unpaired) electrons. The molecule has 1 amide bonds. The second kappa shape index (κ2) is 4.61. The van der Waals surface area contributed by atoms with Crippen molar-refractivity contribution in [1.82, 2.24) is 0 Å². The van der Waals surface area contributed by atoms with E-state index in [9.17, 15) is 9.00 Å². The van der Waals surface area contributed by atoms with E-state index in [4.69, 9.17) is 0 Å². The molecule has 0 fully saturated rings. The summed E-state index contributed by atoms with van der Waals surface area (Å²) in [6.45, 7) is 1.92. The zero-order valence-corrected chi connectivity index (χ0v) is 11.8. The van der Waals surface area contributed by atoms with Gasteiger partial charge in [-0.05, 0) is 41.1 Å². The summed E-state index contributed by atoms with van der Waals surface area (Å²) in [5, 5.41) is 0. The number of carbonyl (C=O) groups is 1. The third-order valence-corrected chi connectivity index (χ3v) is 3.76. The summed E-state index contributed by atoms with van der Waals surface area (Å²) in [7, 11) is -2.38. The molecule has 1 aromatic carbocycles. The summed E-state index contributed by atoms with van der Waals surface area (Å²) in [6, 6.07) is 5.42. The summed E-state index contributed by atoms with van der Waals surface area (Å²) in [6.07, 6.45) is 2.90. The van der Waals surface area contributed by atoms with Crippen molar-refractivity contribution in [3.8, 4) is 0 Å². The monoisotopic (exact) mass is 337 g/mol. The molecule has 82 valence electrons. The summed E-state index contributed by atoms with van der Waals surface area (Å²) in [4.78, 5) is 11.7. The van der Waals surface area contributed by atoms with Gasteiger partial charge in [0, 0.05) is 25.8 Å². The first-order chi connectivity index (χ1) is 6.81. The lowest BCUT2D eigenvalue weighted by Crippen LogP contribution is -2.03. The third kappa shape index (κ3) is 3.57. The van der Waals surface area contributed by atoms with E-state index in [0.29, 0.717) is 5.56 Å². The molecule has 5 heteroatoms. The molecule has 0 aliphatic heterocycles. The van der Waals surface area contributed by atoms with E-state index in [-0.39, 0.29) is 0 Å². The van der Waals surface area contributed by atoms with Crippen molar-refractivity contribution < 1.29 is 9.00 Å². The zero-order valence-electron chi connectivity index (χ0n) is 8.78. The van der Waals surface area contributed by atoms with Gasteiger partial charge in [-0.1, -0.05) is 12.1 Å². The van der Waals surface area contributed by atoms with Crippen molar-refractivity contribution in [1.29, 1.82) is 0 Å². The molecule has 0 aliphatic carbocycles. The lowest BCUT2D eigenvalue weighted by Gasteiger charge is -2.03. The number of carbonyl (C=O) groups excluding carboxylic acids is 1. The maximum absolute atomic E-state index is 11.7. The predicted molar refractivity (Wildman–Crippen MR) is 70.6 cm³/mol. The highest BCUT2D eigenvalue weighted by molar-refractivity contribution is 14.1. The van der Waals surface area contributed by atoms with Crippen LogP contribution in [0.25, 0.3) is 0 Å². The summed E-state index contributed by atoms with van der Waals surface area (Å²) in [5.74, 6) is -0.405. The van der Waals surface area contributed by atoms with Crippen LogP contribution in [0, 0.1) is 10.5 Å². The molecule has 1 aromatic rings. The Labute approximate surface area is 104 Å². The number of hydrogen-bond acceptors (Lipinski definition) is 2. The van der Waals surface area contributed by atoms with Gasteiger partial charge in [0.1, 0.15) is 0 Å². The van der Waals surface area contributed by atoms with E-state index in [1.54, 1.807) is 12.1 Å². The van der Waals surface area contributed by atoms with E-state index < -0.39 is 15.6 Å². The van der Waals surface area contributed by atoms with Gasteiger partial charge < -0.3 is 0 Å². The van der Waals surface area contributed by atoms with Crippen LogP contribution in [0.15, 0.2) is 22.6 Å². The molecule has 0 unspecified atom stereocenters. The van der Waals surface area contributed by atoms with E-state index in [1.807, 2.05) is 13.0 Å². The molecular weight excluding hydrogens is 325 g/mol. The first kappa shape index (κ1) is 12.6. The number of hydrogen-bond donors (Lipinski definition) is 0. The number of nitrogens with zero attached hydrogens (tertiary/aromatic N) is 1. The molecule has 0 aliphatic rings. The van der Waals surface area contributed by atoms with Crippen molar-refractivity contribution in [3.63, 3.8) is 0 Å². The highest BCUT2D eigenvalue weighted by atomic mass is 127. The maximum atomic E-state index is 11.7. The van der Waals surface area contributed by atoms with Gasteiger partial charge >= 0.3 is 0 Å². The number of aryl methyl sites for hydroxylation is 1. The third-order valence-electron chi connectivity index (χ3n) is 1.72. The largest absolute Gasteiger partial charge is 0.286 e. The number of rotatable bonds is 1. The fourth-order valence-electron chi connectivity index (χ4n) is 1.06. The van der Waals surface area contributed by atoms with E-state index in [0.717, 1.165) is 9.13 Å². The van der Waals surface area contributed by atoms with Crippen LogP contribution >= 0.6 is 22.6 Å². The lowest BCUT2D eigenvalue weighted by molar-refractivity contribution is 0.100. The normalized spacial score (nSPS) is 11.2. The minimum atomic E-state index is -2.38. The van der Waals surface area contributed by atoms with Gasteiger partial charge in [0.2, 0.25) is 0 Å². The second-order valence-corrected chi connectivity index (χ2v) is 7.14. The fourth-order valence-corrected chi connectivity index (χ4v) is 2.15. The Morgan fingerprint density at radius 2 is 2.00 bits per heavy atom. The van der Waals surface area contributed by atoms with Gasteiger partial charge in [-0.25, -0.2) is 4.21 Å². The molecule has 0 saturated heterocycles. The van der Waals surface area contributed by atoms with Gasteiger partial charge in [-0.2, -0.15) is 4.36 Å². The fraction of sp³-hybridized carbons (Fsp3) is 0.300. The average Bonchev–Trinajstić information content (AvgIpc) is 2.06. The summed E-state index contributed by atoms with van der Waals surface area (Å²) < 4.78 is 15.9. The Kier molecular flexibility index (Phi) is 3.88. The average molecular weight is 337 g/mol. The molecule has 0 atom stereocenters. The second-order valence-electron chi connectivity index (χ2n) is 3.51. The Hall–Kier alpha value is -0.430. The van der Waals surface area contributed by atoms with E-state index in [1.165, 1.54) is 12.5 Å². The first-order valence-electron chi connectivity index (χ1n) is 4.28. The molecule has 1 rings (SSSR count). The Balaban J connectivity index is 3.25. The van der Waals surface area contributed by atoms with E-state index in [2.05, 4.69) is 27.0 Å². The molecule has 3 nitrogen and oxygen atoms in total. The molecular formula is C10H12INO2S. The molecule has 0 spiro atoms. The van der Waals surface area contributed by atoms with Crippen molar-refractivity contribution in [2.24, 2.45) is 4.36 Å².